The highest BCUT2D eigenvalue weighted by Crippen LogP contribution is 2.39. The van der Waals surface area contributed by atoms with Gasteiger partial charge in [-0.1, -0.05) is 30.3 Å². The molecule has 2 aliphatic rings. The van der Waals surface area contributed by atoms with Crippen molar-refractivity contribution >= 4 is 22.8 Å². The monoisotopic (exact) mass is 525 g/mol. The second-order valence-electron chi connectivity index (χ2n) is 10.5. The van der Waals surface area contributed by atoms with Gasteiger partial charge in [0.05, 0.1) is 5.39 Å². The third-order valence-electron chi connectivity index (χ3n) is 7.99. The van der Waals surface area contributed by atoms with Crippen LogP contribution in [-0.2, 0) is 4.79 Å². The fourth-order valence-corrected chi connectivity index (χ4v) is 6.06. The molecule has 4 aromatic rings. The maximum Gasteiger partial charge on any atom is 0.231 e. The van der Waals surface area contributed by atoms with Crippen LogP contribution in [-0.4, -0.2) is 62.6 Å². The van der Waals surface area contributed by atoms with Gasteiger partial charge in [0, 0.05) is 56.9 Å². The zero-order chi connectivity index (χ0) is 26.8. The average molecular weight is 526 g/mol. The van der Waals surface area contributed by atoms with Crippen molar-refractivity contribution in [3.63, 3.8) is 0 Å². The van der Waals surface area contributed by atoms with E-state index in [1.165, 1.54) is 0 Å². The summed E-state index contributed by atoms with van der Waals surface area (Å²) in [4.78, 5) is 22.9. The third kappa shape index (κ3) is 5.46. The van der Waals surface area contributed by atoms with Crippen LogP contribution in [0.4, 0.5) is 5.82 Å². The minimum atomic E-state index is 0.00295. The van der Waals surface area contributed by atoms with Crippen LogP contribution in [0.15, 0.2) is 67.1 Å². The van der Waals surface area contributed by atoms with Gasteiger partial charge in [-0.3, -0.25) is 15.1 Å². The maximum absolute atomic E-state index is 11.4. The third-order valence-corrected chi connectivity index (χ3v) is 7.99. The van der Waals surface area contributed by atoms with Crippen LogP contribution in [0.1, 0.15) is 38.6 Å². The summed E-state index contributed by atoms with van der Waals surface area (Å²) >= 11 is 0. The summed E-state index contributed by atoms with van der Waals surface area (Å²) in [6.45, 7) is 5.28. The first-order chi connectivity index (χ1) is 19.0. The number of aromatic nitrogens is 3. The quantitative estimate of drug-likeness (QED) is 0.379. The average Bonchev–Trinajstić information content (AvgIpc) is 3.35. The molecule has 0 atom stereocenters. The van der Waals surface area contributed by atoms with Crippen molar-refractivity contribution in [2.45, 2.75) is 44.7 Å². The van der Waals surface area contributed by atoms with E-state index in [-0.39, 0.29) is 5.91 Å². The Morgan fingerprint density at radius 3 is 2.26 bits per heavy atom. The lowest BCUT2D eigenvalue weighted by molar-refractivity contribution is -0.124. The van der Waals surface area contributed by atoms with Crippen LogP contribution in [0.5, 0.6) is 11.5 Å². The number of nitrogens with zero attached hydrogens (tertiary/aromatic N) is 5. The van der Waals surface area contributed by atoms with Crippen molar-refractivity contribution in [2.75, 3.05) is 31.9 Å². The van der Waals surface area contributed by atoms with Crippen LogP contribution in [0.25, 0.3) is 22.2 Å². The highest BCUT2D eigenvalue weighted by Gasteiger charge is 2.30. The molecule has 0 radical (unpaired) electrons. The van der Waals surface area contributed by atoms with E-state index in [1.807, 2.05) is 47.5 Å². The fraction of sp³-hybridized carbons (Fsp3) is 0.367. The number of carbonyl (C=O) groups is 1. The molecule has 9 heteroatoms. The number of nitrogens with two attached hydrogens (primary N) is 1. The summed E-state index contributed by atoms with van der Waals surface area (Å²) in [6, 6.07) is 18.9. The number of rotatable bonds is 6. The van der Waals surface area contributed by atoms with Gasteiger partial charge in [0.15, 0.2) is 0 Å². The van der Waals surface area contributed by atoms with E-state index in [2.05, 4.69) is 43.2 Å². The van der Waals surface area contributed by atoms with E-state index >= 15 is 0 Å². The van der Waals surface area contributed by atoms with Crippen LogP contribution in [0.3, 0.4) is 0 Å². The van der Waals surface area contributed by atoms with Crippen molar-refractivity contribution in [3.05, 3.63) is 67.1 Å². The molecule has 1 saturated heterocycles. The van der Waals surface area contributed by atoms with Crippen LogP contribution in [0.2, 0.25) is 0 Å². The summed E-state index contributed by atoms with van der Waals surface area (Å²) in [7, 11) is 0. The van der Waals surface area contributed by atoms with Crippen LogP contribution < -0.4 is 15.9 Å². The number of benzene rings is 2. The highest BCUT2D eigenvalue weighted by atomic mass is 16.5. The van der Waals surface area contributed by atoms with E-state index in [1.54, 1.807) is 13.3 Å². The number of nitrogens with one attached hydrogen (secondary N) is 1. The van der Waals surface area contributed by atoms with Crippen molar-refractivity contribution in [1.29, 1.82) is 0 Å². The zero-order valence-corrected chi connectivity index (χ0v) is 22.3. The number of hydrazine groups is 1. The number of hydrogen-bond donors (Lipinski definition) is 2. The van der Waals surface area contributed by atoms with E-state index in [4.69, 9.17) is 10.5 Å². The molecule has 3 N–H and O–H groups in total. The topological polar surface area (TPSA) is 102 Å². The molecule has 1 aliphatic carbocycles. The molecule has 39 heavy (non-hydrogen) atoms. The molecule has 3 heterocycles. The number of amides is 1. The van der Waals surface area contributed by atoms with Gasteiger partial charge >= 0.3 is 0 Å². The minimum absolute atomic E-state index is 0.00295. The predicted molar refractivity (Wildman–Crippen MR) is 152 cm³/mol. The van der Waals surface area contributed by atoms with Crippen molar-refractivity contribution in [2.24, 2.45) is 0 Å². The smallest absolute Gasteiger partial charge is 0.231 e. The molecule has 2 fully saturated rings. The highest BCUT2D eigenvalue weighted by molar-refractivity contribution is 6.00. The molecule has 0 unspecified atom stereocenters. The number of hydrogen-bond acceptors (Lipinski definition) is 7. The lowest BCUT2D eigenvalue weighted by atomic mass is 9.89. The van der Waals surface area contributed by atoms with E-state index in [0.717, 1.165) is 85.5 Å². The molecule has 9 nitrogen and oxygen atoms in total. The number of ether oxygens (including phenoxy) is 1. The number of nitrogen functional groups attached to an aromatic ring is 1. The largest absolute Gasteiger partial charge is 0.457 e. The van der Waals surface area contributed by atoms with Crippen molar-refractivity contribution in [1.82, 2.24) is 29.9 Å². The Morgan fingerprint density at radius 1 is 0.897 bits per heavy atom. The Balaban J connectivity index is 1.17. The molecular formula is C30H35N7O2. The lowest BCUT2D eigenvalue weighted by Crippen LogP contribution is -2.55. The summed E-state index contributed by atoms with van der Waals surface area (Å²) in [5.74, 6) is 2.10. The zero-order valence-electron chi connectivity index (χ0n) is 22.3. The van der Waals surface area contributed by atoms with Crippen LogP contribution >= 0.6 is 0 Å². The van der Waals surface area contributed by atoms with E-state index in [9.17, 15) is 4.79 Å². The Bertz CT molecular complexity index is 1420. The number of anilines is 1. The number of fused-ring (bicyclic) bond motifs is 1. The van der Waals surface area contributed by atoms with Gasteiger partial charge < -0.3 is 15.0 Å². The van der Waals surface area contributed by atoms with Gasteiger partial charge in [-0.25, -0.2) is 15.0 Å². The Morgan fingerprint density at radius 2 is 1.56 bits per heavy atom. The molecular weight excluding hydrogens is 490 g/mol. The Labute approximate surface area is 228 Å². The van der Waals surface area contributed by atoms with E-state index < -0.39 is 0 Å². The summed E-state index contributed by atoms with van der Waals surface area (Å²) in [5, 5.41) is 2.94. The number of piperazine rings is 1. The second kappa shape index (κ2) is 11.0. The minimum Gasteiger partial charge on any atom is -0.457 e. The molecule has 202 valence electrons. The predicted octanol–water partition coefficient (Wildman–Crippen LogP) is 4.63. The van der Waals surface area contributed by atoms with Crippen molar-refractivity contribution in [3.8, 4) is 22.6 Å². The molecule has 1 saturated carbocycles. The Kier molecular flexibility index (Phi) is 7.17. The molecule has 6 rings (SSSR count). The molecule has 2 aromatic carbocycles. The summed E-state index contributed by atoms with van der Waals surface area (Å²) < 4.78 is 8.31. The molecule has 1 aliphatic heterocycles. The second-order valence-corrected chi connectivity index (χ2v) is 10.5. The maximum atomic E-state index is 11.4. The van der Waals surface area contributed by atoms with Gasteiger partial charge in [0.25, 0.3) is 0 Å². The van der Waals surface area contributed by atoms with E-state index in [0.29, 0.717) is 17.9 Å². The first-order valence-electron chi connectivity index (χ1n) is 13.8. The summed E-state index contributed by atoms with van der Waals surface area (Å²) in [5.41, 5.74) is 12.3. The first-order valence-corrected chi connectivity index (χ1v) is 13.8. The first kappa shape index (κ1) is 25.3. The van der Waals surface area contributed by atoms with Gasteiger partial charge in [0.2, 0.25) is 5.91 Å². The summed E-state index contributed by atoms with van der Waals surface area (Å²) in [6.07, 6.45) is 8.24. The number of carbonyl (C=O) groups excluding carboxylic acids is 1. The van der Waals surface area contributed by atoms with Crippen LogP contribution in [0, 0.1) is 0 Å². The molecule has 1 amide bonds. The standard InChI is InChI=1S/C30H35N7O2/c1-21(38)34-36-17-15-35(16-18-36)23-9-11-24(12-10-23)37-19-27(28-29(31)32-20-33-30(28)37)22-7-13-26(14-8-22)39-25-5-3-2-4-6-25/h2-8,13-14,19-20,23-24H,9-12,15-18H2,1H3,(H,34,38)(H2,31,32,33)/t23-,24+. The molecule has 2 aromatic heterocycles. The normalized spacial score (nSPS) is 20.6. The van der Waals surface area contributed by atoms with Gasteiger partial charge in [0.1, 0.15) is 29.3 Å². The lowest BCUT2D eigenvalue weighted by Gasteiger charge is -2.42. The SMILES string of the molecule is CC(=O)NN1CCN([C@H]2CC[C@@H](n3cc(-c4ccc(Oc5ccccc5)cc4)c4c(N)ncnc43)CC2)CC1. The Hall–Kier alpha value is -3.95. The van der Waals surface area contributed by atoms with Gasteiger partial charge in [-0.05, 0) is 55.5 Å². The molecule has 0 spiro atoms. The fourth-order valence-electron chi connectivity index (χ4n) is 6.06. The van der Waals surface area contributed by atoms with Crippen molar-refractivity contribution < 1.29 is 9.53 Å². The van der Waals surface area contributed by atoms with Gasteiger partial charge in [-0.15, -0.1) is 0 Å². The number of para-hydroxylation sites is 1. The van der Waals surface area contributed by atoms with Gasteiger partial charge in [-0.2, -0.15) is 0 Å². The molecule has 0 bridgehead atoms.